The van der Waals surface area contributed by atoms with Crippen LogP contribution in [0.1, 0.15) is 62.2 Å². The van der Waals surface area contributed by atoms with Crippen molar-refractivity contribution >= 4 is 29.3 Å². The second-order valence-electron chi connectivity index (χ2n) is 9.02. The van der Waals surface area contributed by atoms with E-state index < -0.39 is 0 Å². The highest BCUT2D eigenvalue weighted by molar-refractivity contribution is 7.99. The Hall–Kier alpha value is -1.53. The van der Waals surface area contributed by atoms with E-state index in [-0.39, 0.29) is 11.8 Å². The number of hydrogen-bond acceptors (Lipinski definition) is 4. The molecule has 4 rings (SSSR count). The lowest BCUT2D eigenvalue weighted by Crippen LogP contribution is -2.44. The van der Waals surface area contributed by atoms with E-state index in [4.69, 9.17) is 0 Å². The Morgan fingerprint density at radius 2 is 1.73 bits per heavy atom. The maximum atomic E-state index is 12.9. The SMILES string of the molecule is CCC1CCC(N(CC(=O)Nc2cccc(C(=O)N3CCSCC3)c2)C2CC2)CC1. The maximum Gasteiger partial charge on any atom is 0.253 e. The van der Waals surface area contributed by atoms with Gasteiger partial charge in [0.1, 0.15) is 0 Å². The summed E-state index contributed by atoms with van der Waals surface area (Å²) in [7, 11) is 0. The molecule has 164 valence electrons. The Bertz CT molecular complexity index is 738. The summed E-state index contributed by atoms with van der Waals surface area (Å²) < 4.78 is 0. The molecule has 30 heavy (non-hydrogen) atoms. The van der Waals surface area contributed by atoms with Crippen LogP contribution in [0.25, 0.3) is 0 Å². The zero-order valence-electron chi connectivity index (χ0n) is 18.1. The van der Waals surface area contributed by atoms with Gasteiger partial charge in [0, 0.05) is 47.9 Å². The number of nitrogens with one attached hydrogen (secondary N) is 1. The number of amides is 2. The number of anilines is 1. The van der Waals surface area contributed by atoms with Gasteiger partial charge in [0.25, 0.3) is 5.91 Å². The summed E-state index contributed by atoms with van der Waals surface area (Å²) in [5, 5.41) is 3.06. The summed E-state index contributed by atoms with van der Waals surface area (Å²) in [6.45, 7) is 4.36. The first-order valence-corrected chi connectivity index (χ1v) is 12.8. The van der Waals surface area contributed by atoms with Crippen molar-refractivity contribution in [1.82, 2.24) is 9.80 Å². The van der Waals surface area contributed by atoms with Gasteiger partial charge >= 0.3 is 0 Å². The van der Waals surface area contributed by atoms with Gasteiger partial charge in [-0.1, -0.05) is 19.4 Å². The third kappa shape index (κ3) is 5.58. The molecule has 1 saturated heterocycles. The molecular formula is C24H35N3O2S. The van der Waals surface area contributed by atoms with Crippen LogP contribution in [0.2, 0.25) is 0 Å². The lowest BCUT2D eigenvalue weighted by Gasteiger charge is -2.36. The van der Waals surface area contributed by atoms with Crippen LogP contribution >= 0.6 is 11.8 Å². The van der Waals surface area contributed by atoms with Crippen molar-refractivity contribution in [1.29, 1.82) is 0 Å². The number of benzene rings is 1. The van der Waals surface area contributed by atoms with Crippen LogP contribution in [0.15, 0.2) is 24.3 Å². The highest BCUT2D eigenvalue weighted by atomic mass is 32.2. The fourth-order valence-electron chi connectivity index (χ4n) is 4.89. The molecule has 1 aromatic carbocycles. The van der Waals surface area contributed by atoms with Gasteiger partial charge in [-0.15, -0.1) is 0 Å². The quantitative estimate of drug-likeness (QED) is 0.704. The third-order valence-electron chi connectivity index (χ3n) is 6.90. The minimum atomic E-state index is 0.0403. The molecule has 0 spiro atoms. The summed E-state index contributed by atoms with van der Waals surface area (Å²) in [5.74, 6) is 2.98. The largest absolute Gasteiger partial charge is 0.337 e. The van der Waals surface area contributed by atoms with Gasteiger partial charge in [-0.2, -0.15) is 11.8 Å². The van der Waals surface area contributed by atoms with Gasteiger partial charge in [-0.3, -0.25) is 14.5 Å². The summed E-state index contributed by atoms with van der Waals surface area (Å²) >= 11 is 1.89. The van der Waals surface area contributed by atoms with Crippen LogP contribution in [0.5, 0.6) is 0 Å². The van der Waals surface area contributed by atoms with Crippen molar-refractivity contribution in [3.8, 4) is 0 Å². The molecule has 0 aromatic heterocycles. The molecule has 1 N–H and O–H groups in total. The molecule has 0 unspecified atom stereocenters. The van der Waals surface area contributed by atoms with E-state index in [1.54, 1.807) is 0 Å². The molecular weight excluding hydrogens is 394 g/mol. The van der Waals surface area contributed by atoms with E-state index in [0.717, 1.165) is 36.2 Å². The molecule has 3 aliphatic rings. The molecule has 2 amide bonds. The Morgan fingerprint density at radius 1 is 1.07 bits per heavy atom. The fraction of sp³-hybridized carbons (Fsp3) is 0.667. The van der Waals surface area contributed by atoms with Crippen molar-refractivity contribution in [2.24, 2.45) is 5.92 Å². The Labute approximate surface area is 184 Å². The first-order chi connectivity index (χ1) is 14.6. The first kappa shape index (κ1) is 21.7. The Kier molecular flexibility index (Phi) is 7.37. The fourth-order valence-corrected chi connectivity index (χ4v) is 5.80. The lowest BCUT2D eigenvalue weighted by atomic mass is 9.84. The van der Waals surface area contributed by atoms with Crippen LogP contribution in [-0.4, -0.2) is 64.8 Å². The number of carbonyl (C=O) groups is 2. The molecule has 1 aliphatic heterocycles. The van der Waals surface area contributed by atoms with E-state index in [1.165, 1.54) is 44.9 Å². The number of thioether (sulfide) groups is 1. The second-order valence-corrected chi connectivity index (χ2v) is 10.2. The predicted octanol–water partition coefficient (Wildman–Crippen LogP) is 4.25. The molecule has 0 radical (unpaired) electrons. The van der Waals surface area contributed by atoms with Gasteiger partial charge in [-0.05, 0) is 62.6 Å². The minimum Gasteiger partial charge on any atom is -0.337 e. The van der Waals surface area contributed by atoms with Crippen LogP contribution in [0.3, 0.4) is 0 Å². The number of hydrogen-bond donors (Lipinski definition) is 1. The third-order valence-corrected chi connectivity index (χ3v) is 7.84. The van der Waals surface area contributed by atoms with Crippen molar-refractivity contribution in [2.75, 3.05) is 36.5 Å². The zero-order valence-corrected chi connectivity index (χ0v) is 19.0. The van der Waals surface area contributed by atoms with Crippen molar-refractivity contribution in [3.63, 3.8) is 0 Å². The number of carbonyl (C=O) groups excluding carboxylic acids is 2. The molecule has 5 nitrogen and oxygen atoms in total. The summed E-state index contributed by atoms with van der Waals surface area (Å²) in [5.41, 5.74) is 1.39. The monoisotopic (exact) mass is 429 g/mol. The summed E-state index contributed by atoms with van der Waals surface area (Å²) in [6, 6.07) is 8.57. The Balaban J connectivity index is 1.34. The average Bonchev–Trinajstić information content (AvgIpc) is 3.63. The summed E-state index contributed by atoms with van der Waals surface area (Å²) in [6.07, 6.45) is 8.76. The van der Waals surface area contributed by atoms with Crippen molar-refractivity contribution < 1.29 is 9.59 Å². The molecule has 2 aliphatic carbocycles. The Morgan fingerprint density at radius 3 is 2.37 bits per heavy atom. The van der Waals surface area contributed by atoms with Gasteiger partial charge in [0.15, 0.2) is 0 Å². The van der Waals surface area contributed by atoms with E-state index >= 15 is 0 Å². The second kappa shape index (κ2) is 10.2. The first-order valence-electron chi connectivity index (χ1n) is 11.7. The standard InChI is InChI=1S/C24H35N3O2S/c1-2-18-6-8-21(9-7-18)27(22-10-11-22)17-23(28)25-20-5-3-4-19(16-20)24(29)26-12-14-30-15-13-26/h3-5,16,18,21-22H,2,6-15,17H2,1H3,(H,25,28). The normalized spacial score (nSPS) is 24.7. The van der Waals surface area contributed by atoms with Crippen LogP contribution < -0.4 is 5.32 Å². The van der Waals surface area contributed by atoms with Crippen molar-refractivity contribution in [2.45, 2.75) is 64.0 Å². The molecule has 2 saturated carbocycles. The van der Waals surface area contributed by atoms with Gasteiger partial charge in [0.05, 0.1) is 6.54 Å². The van der Waals surface area contributed by atoms with Gasteiger partial charge in [0.2, 0.25) is 5.91 Å². The highest BCUT2D eigenvalue weighted by Crippen LogP contribution is 2.36. The molecule has 3 fully saturated rings. The van der Waals surface area contributed by atoms with Gasteiger partial charge < -0.3 is 10.2 Å². The maximum absolute atomic E-state index is 12.9. The zero-order chi connectivity index (χ0) is 20.9. The highest BCUT2D eigenvalue weighted by Gasteiger charge is 2.36. The van der Waals surface area contributed by atoms with Crippen LogP contribution in [0.4, 0.5) is 5.69 Å². The lowest BCUT2D eigenvalue weighted by molar-refractivity contribution is -0.118. The van der Waals surface area contributed by atoms with E-state index in [9.17, 15) is 9.59 Å². The van der Waals surface area contributed by atoms with Crippen LogP contribution in [0, 0.1) is 5.92 Å². The van der Waals surface area contributed by atoms with E-state index in [1.807, 2.05) is 40.9 Å². The topological polar surface area (TPSA) is 52.7 Å². The number of nitrogens with zero attached hydrogens (tertiary/aromatic N) is 2. The van der Waals surface area contributed by atoms with Crippen molar-refractivity contribution in [3.05, 3.63) is 29.8 Å². The average molecular weight is 430 g/mol. The summed E-state index contributed by atoms with van der Waals surface area (Å²) in [4.78, 5) is 30.0. The molecule has 1 aromatic rings. The molecule has 0 bridgehead atoms. The van der Waals surface area contributed by atoms with E-state index in [0.29, 0.717) is 24.2 Å². The molecule has 6 heteroatoms. The van der Waals surface area contributed by atoms with Crippen LogP contribution in [-0.2, 0) is 4.79 Å². The predicted molar refractivity (Wildman–Crippen MR) is 124 cm³/mol. The molecule has 1 heterocycles. The molecule has 0 atom stereocenters. The van der Waals surface area contributed by atoms with E-state index in [2.05, 4.69) is 17.1 Å². The minimum absolute atomic E-state index is 0.0403. The van der Waals surface area contributed by atoms with Gasteiger partial charge in [-0.25, -0.2) is 0 Å². The number of rotatable bonds is 7. The smallest absolute Gasteiger partial charge is 0.253 e.